The van der Waals surface area contributed by atoms with Crippen LogP contribution < -0.4 is 15.4 Å². The van der Waals surface area contributed by atoms with Crippen LogP contribution in [0.2, 0.25) is 0 Å². The molecule has 1 atom stereocenters. The van der Waals surface area contributed by atoms with Gasteiger partial charge in [-0.3, -0.25) is 0 Å². The van der Waals surface area contributed by atoms with Gasteiger partial charge in [-0.2, -0.15) is 0 Å². The quantitative estimate of drug-likeness (QED) is 0.644. The number of nitrogens with one attached hydrogen (secondary N) is 2. The molecular formula is C16H22F3N3O4S. The number of anilines is 1. The Kier molecular flexibility index (Phi) is 7.87. The Hall–Kier alpha value is -1.85. The van der Waals surface area contributed by atoms with Gasteiger partial charge in [0.2, 0.25) is 0 Å². The molecule has 1 saturated heterocycles. The molecule has 1 heterocycles. The van der Waals surface area contributed by atoms with E-state index in [9.17, 15) is 22.2 Å². The molecule has 1 aliphatic heterocycles. The van der Waals surface area contributed by atoms with Crippen molar-refractivity contribution in [3.63, 3.8) is 0 Å². The number of benzene rings is 1. The van der Waals surface area contributed by atoms with Crippen molar-refractivity contribution < 1.29 is 32.0 Å². The number of amides is 2. The summed E-state index contributed by atoms with van der Waals surface area (Å²) < 4.78 is 53.9. The van der Waals surface area contributed by atoms with Gasteiger partial charge in [-0.25, -0.2) is 13.3 Å². The zero-order chi connectivity index (χ0) is 19.9. The van der Waals surface area contributed by atoms with E-state index in [-0.39, 0.29) is 18.4 Å². The first-order chi connectivity index (χ1) is 12.8. The lowest BCUT2D eigenvalue weighted by Gasteiger charge is -2.31. The Bertz CT molecular complexity index is 635. The highest BCUT2D eigenvalue weighted by Crippen LogP contribution is 2.24. The van der Waals surface area contributed by atoms with Gasteiger partial charge in [-0.15, -0.1) is 13.2 Å². The Labute approximate surface area is 157 Å². The zero-order valence-electron chi connectivity index (χ0n) is 14.5. The third kappa shape index (κ3) is 7.73. The number of nitrogens with zero attached hydrogens (tertiary/aromatic N) is 1. The Morgan fingerprint density at radius 1 is 1.26 bits per heavy atom. The van der Waals surface area contributed by atoms with Crippen molar-refractivity contribution in [1.29, 1.82) is 0 Å². The number of alkyl halides is 3. The average molecular weight is 409 g/mol. The molecule has 7 nitrogen and oxygen atoms in total. The zero-order valence-corrected chi connectivity index (χ0v) is 15.3. The number of hydrogen-bond donors (Lipinski definition) is 3. The maximum absolute atomic E-state index is 12.1. The van der Waals surface area contributed by atoms with Crippen LogP contribution in [0.3, 0.4) is 0 Å². The Morgan fingerprint density at radius 2 is 1.89 bits per heavy atom. The molecule has 1 aromatic rings. The molecule has 1 aromatic carbocycles. The summed E-state index contributed by atoms with van der Waals surface area (Å²) in [4.78, 5) is 12.0. The smallest absolute Gasteiger partial charge is 0.406 e. The summed E-state index contributed by atoms with van der Waals surface area (Å²) >= 11 is 0. The molecule has 0 saturated carbocycles. The van der Waals surface area contributed by atoms with Crippen LogP contribution in [0.4, 0.5) is 23.7 Å². The van der Waals surface area contributed by atoms with Gasteiger partial charge in [-0.05, 0) is 43.5 Å². The van der Waals surface area contributed by atoms with E-state index in [0.29, 0.717) is 43.8 Å². The first-order valence-electron chi connectivity index (χ1n) is 8.44. The molecule has 1 fully saturated rings. The number of hydrogen-bond acceptors (Lipinski definition) is 4. The van der Waals surface area contributed by atoms with E-state index in [1.165, 1.54) is 12.1 Å². The minimum absolute atomic E-state index is 0.00718. The molecule has 1 unspecified atom stereocenters. The Morgan fingerprint density at radius 3 is 2.44 bits per heavy atom. The van der Waals surface area contributed by atoms with Crippen LogP contribution >= 0.6 is 0 Å². The van der Waals surface area contributed by atoms with Gasteiger partial charge in [0.15, 0.2) is 0 Å². The SMILES string of the molecule is O=C(Nc1ccc(OC(F)(F)F)cc1)NC1CCN(S(=O)CCCO)CC1. The number of aliphatic hydroxyl groups is 1. The average Bonchev–Trinajstić information content (AvgIpc) is 2.60. The number of halogens is 3. The maximum Gasteiger partial charge on any atom is 0.573 e. The molecule has 3 N–H and O–H groups in total. The third-order valence-electron chi connectivity index (χ3n) is 3.90. The van der Waals surface area contributed by atoms with Crippen molar-refractivity contribution in [3.8, 4) is 5.75 Å². The van der Waals surface area contributed by atoms with E-state index < -0.39 is 23.4 Å². The molecule has 2 amide bonds. The second-order valence-corrected chi connectivity index (χ2v) is 7.54. The predicted molar refractivity (Wildman–Crippen MR) is 94.6 cm³/mol. The first kappa shape index (κ1) is 21.5. The summed E-state index contributed by atoms with van der Waals surface area (Å²) in [7, 11) is -1.12. The fourth-order valence-corrected chi connectivity index (χ4v) is 3.87. The van der Waals surface area contributed by atoms with Crippen LogP contribution in [0.5, 0.6) is 5.75 Å². The summed E-state index contributed by atoms with van der Waals surface area (Å²) in [6, 6.07) is 4.32. The van der Waals surface area contributed by atoms with E-state index in [1.807, 2.05) is 4.31 Å². The first-order valence-corrected chi connectivity index (χ1v) is 9.72. The van der Waals surface area contributed by atoms with Gasteiger partial charge in [0.05, 0.1) is 11.0 Å². The minimum atomic E-state index is -4.76. The number of aliphatic hydroxyl groups excluding tert-OH is 1. The van der Waals surface area contributed by atoms with Gasteiger partial charge in [0.25, 0.3) is 0 Å². The standard InChI is InChI=1S/C16H22F3N3O4S/c17-16(18,19)26-14-4-2-12(3-5-14)20-15(24)21-13-6-8-22(9-7-13)27(25)11-1-10-23/h2-5,13,23H,1,6-11H2,(H2,20,21,24). The number of carbonyl (C=O) groups is 1. The summed E-state index contributed by atoms with van der Waals surface area (Å²) in [5, 5.41) is 14.1. The van der Waals surface area contributed by atoms with E-state index >= 15 is 0 Å². The normalized spacial score (nSPS) is 17.3. The molecule has 0 aromatic heterocycles. The van der Waals surface area contributed by atoms with E-state index in [2.05, 4.69) is 15.4 Å². The molecule has 11 heteroatoms. The molecule has 152 valence electrons. The van der Waals surface area contributed by atoms with Crippen LogP contribution in [-0.4, -0.2) is 57.5 Å². The van der Waals surface area contributed by atoms with Crippen LogP contribution in [-0.2, 0) is 11.0 Å². The number of rotatable bonds is 7. The molecular weight excluding hydrogens is 387 g/mol. The second-order valence-electron chi connectivity index (χ2n) is 5.98. The molecule has 27 heavy (non-hydrogen) atoms. The summed E-state index contributed by atoms with van der Waals surface area (Å²) in [5.74, 6) is 0.0541. The highest BCUT2D eigenvalue weighted by atomic mass is 32.2. The summed E-state index contributed by atoms with van der Waals surface area (Å²) in [6.45, 7) is 1.16. The predicted octanol–water partition coefficient (Wildman–Crippen LogP) is 2.22. The van der Waals surface area contributed by atoms with E-state index in [0.717, 1.165) is 12.1 Å². The molecule has 2 rings (SSSR count). The molecule has 1 aliphatic rings. The Balaban J connectivity index is 1.74. The van der Waals surface area contributed by atoms with Crippen LogP contribution in [0, 0.1) is 0 Å². The van der Waals surface area contributed by atoms with Crippen molar-refractivity contribution in [1.82, 2.24) is 9.62 Å². The van der Waals surface area contributed by atoms with Crippen LogP contribution in [0.1, 0.15) is 19.3 Å². The molecule has 0 bridgehead atoms. The topological polar surface area (TPSA) is 90.9 Å². The van der Waals surface area contributed by atoms with Crippen LogP contribution in [0.25, 0.3) is 0 Å². The van der Waals surface area contributed by atoms with Gasteiger partial charge in [0.1, 0.15) is 5.75 Å². The third-order valence-corrected chi connectivity index (χ3v) is 5.48. The number of piperidine rings is 1. The van der Waals surface area contributed by atoms with Crippen molar-refractivity contribution in [2.45, 2.75) is 31.7 Å². The maximum atomic E-state index is 12.1. The van der Waals surface area contributed by atoms with E-state index in [4.69, 9.17) is 5.11 Å². The molecule has 0 aliphatic carbocycles. The van der Waals surface area contributed by atoms with Crippen molar-refractivity contribution in [2.75, 3.05) is 30.8 Å². The monoisotopic (exact) mass is 409 g/mol. The largest absolute Gasteiger partial charge is 0.573 e. The summed E-state index contributed by atoms with van der Waals surface area (Å²) in [6.07, 6.45) is -3.00. The highest BCUT2D eigenvalue weighted by Gasteiger charge is 2.31. The summed E-state index contributed by atoms with van der Waals surface area (Å²) in [5.41, 5.74) is 0.338. The lowest BCUT2D eigenvalue weighted by atomic mass is 10.1. The number of carbonyl (C=O) groups excluding carboxylic acids is 1. The number of ether oxygens (including phenoxy) is 1. The lowest BCUT2D eigenvalue weighted by Crippen LogP contribution is -2.46. The second kappa shape index (κ2) is 9.90. The van der Waals surface area contributed by atoms with Gasteiger partial charge in [-0.1, -0.05) is 0 Å². The minimum Gasteiger partial charge on any atom is -0.406 e. The van der Waals surface area contributed by atoms with Gasteiger partial charge < -0.3 is 20.5 Å². The van der Waals surface area contributed by atoms with Crippen molar-refractivity contribution in [3.05, 3.63) is 24.3 Å². The van der Waals surface area contributed by atoms with Crippen molar-refractivity contribution in [2.24, 2.45) is 0 Å². The number of urea groups is 1. The molecule has 0 radical (unpaired) electrons. The van der Waals surface area contributed by atoms with E-state index in [1.54, 1.807) is 0 Å². The fourth-order valence-electron chi connectivity index (χ4n) is 2.61. The van der Waals surface area contributed by atoms with Gasteiger partial charge in [0, 0.05) is 37.2 Å². The van der Waals surface area contributed by atoms with Crippen LogP contribution in [0.15, 0.2) is 24.3 Å². The fraction of sp³-hybridized carbons (Fsp3) is 0.562. The van der Waals surface area contributed by atoms with Crippen molar-refractivity contribution >= 4 is 22.7 Å². The lowest BCUT2D eigenvalue weighted by molar-refractivity contribution is -0.274. The van der Waals surface area contributed by atoms with Gasteiger partial charge >= 0.3 is 12.4 Å². The molecule has 0 spiro atoms. The highest BCUT2D eigenvalue weighted by molar-refractivity contribution is 7.82.